The van der Waals surface area contributed by atoms with E-state index in [2.05, 4.69) is 35.3 Å². The summed E-state index contributed by atoms with van der Waals surface area (Å²) in [5, 5.41) is 13.5. The van der Waals surface area contributed by atoms with E-state index in [1.807, 2.05) is 29.2 Å². The van der Waals surface area contributed by atoms with Crippen LogP contribution in [0, 0.1) is 0 Å². The standard InChI is InChI=1S/C18H16N8O/c27-18(13-4-2-1-3-12(13)17-19-10-22-25-17)26-6-5-14-15(9-26)24-16(23-14)11-7-20-21-8-11/h1-4,7-8,10H,5-6,9H2,(H,20,21)(H,23,24)(H,19,22,25). The highest BCUT2D eigenvalue weighted by molar-refractivity contribution is 6.00. The van der Waals surface area contributed by atoms with E-state index in [4.69, 9.17) is 0 Å². The maximum absolute atomic E-state index is 13.2. The van der Waals surface area contributed by atoms with Crippen molar-refractivity contribution < 1.29 is 4.79 Å². The van der Waals surface area contributed by atoms with Gasteiger partial charge in [-0.25, -0.2) is 9.97 Å². The molecule has 0 aliphatic carbocycles. The molecule has 0 spiro atoms. The minimum Gasteiger partial charge on any atom is -0.340 e. The summed E-state index contributed by atoms with van der Waals surface area (Å²) < 4.78 is 0. The average molecular weight is 360 g/mol. The second-order valence-corrected chi connectivity index (χ2v) is 6.35. The van der Waals surface area contributed by atoms with Gasteiger partial charge in [0.05, 0.1) is 35.3 Å². The van der Waals surface area contributed by atoms with Crippen LogP contribution in [0.4, 0.5) is 0 Å². The summed E-state index contributed by atoms with van der Waals surface area (Å²) in [5.41, 5.74) is 4.21. The Morgan fingerprint density at radius 3 is 2.89 bits per heavy atom. The number of carbonyl (C=O) groups is 1. The molecule has 3 aromatic heterocycles. The molecule has 0 bridgehead atoms. The number of rotatable bonds is 3. The number of hydrogen-bond acceptors (Lipinski definition) is 5. The number of H-pyrrole nitrogens is 3. The van der Waals surface area contributed by atoms with Gasteiger partial charge in [-0.1, -0.05) is 18.2 Å². The van der Waals surface area contributed by atoms with E-state index >= 15 is 0 Å². The second kappa shape index (κ2) is 6.20. The summed E-state index contributed by atoms with van der Waals surface area (Å²) in [5.74, 6) is 1.32. The van der Waals surface area contributed by atoms with Gasteiger partial charge in [-0.15, -0.1) is 0 Å². The fourth-order valence-corrected chi connectivity index (χ4v) is 3.37. The minimum absolute atomic E-state index is 0.0351. The third kappa shape index (κ3) is 2.69. The fourth-order valence-electron chi connectivity index (χ4n) is 3.37. The summed E-state index contributed by atoms with van der Waals surface area (Å²) in [7, 11) is 0. The van der Waals surface area contributed by atoms with Crippen LogP contribution in [0.5, 0.6) is 0 Å². The highest BCUT2D eigenvalue weighted by Gasteiger charge is 2.26. The van der Waals surface area contributed by atoms with Crippen LogP contribution < -0.4 is 0 Å². The number of benzene rings is 1. The van der Waals surface area contributed by atoms with E-state index in [0.29, 0.717) is 30.9 Å². The number of carbonyl (C=O) groups excluding carboxylic acids is 1. The average Bonchev–Trinajstić information content (AvgIpc) is 3.48. The van der Waals surface area contributed by atoms with Crippen molar-refractivity contribution in [2.45, 2.75) is 13.0 Å². The largest absolute Gasteiger partial charge is 0.340 e. The van der Waals surface area contributed by atoms with E-state index < -0.39 is 0 Å². The molecule has 1 aliphatic rings. The zero-order chi connectivity index (χ0) is 18.2. The highest BCUT2D eigenvalue weighted by atomic mass is 16.2. The number of fused-ring (bicyclic) bond motifs is 1. The molecule has 0 fully saturated rings. The first-order chi connectivity index (χ1) is 13.3. The summed E-state index contributed by atoms with van der Waals surface area (Å²) in [6.45, 7) is 1.11. The number of nitrogens with one attached hydrogen (secondary N) is 3. The Hall–Kier alpha value is -3.75. The fraction of sp³-hybridized carbons (Fsp3) is 0.167. The van der Waals surface area contributed by atoms with E-state index in [-0.39, 0.29) is 5.91 Å². The monoisotopic (exact) mass is 360 g/mol. The van der Waals surface area contributed by atoms with Crippen molar-refractivity contribution in [1.82, 2.24) is 40.2 Å². The van der Waals surface area contributed by atoms with Gasteiger partial charge < -0.3 is 9.88 Å². The van der Waals surface area contributed by atoms with E-state index in [0.717, 1.165) is 28.3 Å². The van der Waals surface area contributed by atoms with Gasteiger partial charge in [-0.2, -0.15) is 10.2 Å². The molecule has 1 amide bonds. The van der Waals surface area contributed by atoms with Crippen LogP contribution in [0.3, 0.4) is 0 Å². The molecule has 1 aromatic carbocycles. The highest BCUT2D eigenvalue weighted by Crippen LogP contribution is 2.26. The zero-order valence-electron chi connectivity index (χ0n) is 14.3. The Bertz CT molecular complexity index is 1080. The number of aromatic amines is 3. The number of nitrogens with zero attached hydrogens (tertiary/aromatic N) is 5. The number of imidazole rings is 1. The van der Waals surface area contributed by atoms with Gasteiger partial charge in [-0.3, -0.25) is 15.0 Å². The Morgan fingerprint density at radius 1 is 1.15 bits per heavy atom. The van der Waals surface area contributed by atoms with Crippen molar-refractivity contribution in [1.29, 1.82) is 0 Å². The Kier molecular flexibility index (Phi) is 3.56. The molecule has 0 saturated heterocycles. The summed E-state index contributed by atoms with van der Waals surface area (Å²) in [6, 6.07) is 7.43. The smallest absolute Gasteiger partial charge is 0.254 e. The van der Waals surface area contributed by atoms with Crippen LogP contribution >= 0.6 is 0 Å². The summed E-state index contributed by atoms with van der Waals surface area (Å²) >= 11 is 0. The van der Waals surface area contributed by atoms with E-state index in [1.54, 1.807) is 12.4 Å². The molecule has 1 aliphatic heterocycles. The van der Waals surface area contributed by atoms with Crippen LogP contribution in [-0.4, -0.2) is 52.7 Å². The molecule has 0 radical (unpaired) electrons. The molecule has 9 heteroatoms. The van der Waals surface area contributed by atoms with E-state index in [9.17, 15) is 4.79 Å². The molecule has 0 unspecified atom stereocenters. The van der Waals surface area contributed by atoms with E-state index in [1.165, 1.54) is 6.33 Å². The van der Waals surface area contributed by atoms with Gasteiger partial charge in [0.15, 0.2) is 5.82 Å². The van der Waals surface area contributed by atoms with Crippen LogP contribution in [0.15, 0.2) is 43.0 Å². The van der Waals surface area contributed by atoms with Gasteiger partial charge >= 0.3 is 0 Å². The lowest BCUT2D eigenvalue weighted by Gasteiger charge is -2.26. The first-order valence-corrected chi connectivity index (χ1v) is 8.60. The predicted molar refractivity (Wildman–Crippen MR) is 96.4 cm³/mol. The maximum Gasteiger partial charge on any atom is 0.254 e. The molecular weight excluding hydrogens is 344 g/mol. The van der Waals surface area contributed by atoms with Crippen LogP contribution in [0.25, 0.3) is 22.8 Å². The number of hydrogen-bond donors (Lipinski definition) is 3. The Balaban J connectivity index is 1.43. The van der Waals surface area contributed by atoms with Crippen molar-refractivity contribution in [2.24, 2.45) is 0 Å². The van der Waals surface area contributed by atoms with Crippen molar-refractivity contribution in [3.05, 3.63) is 59.9 Å². The quantitative estimate of drug-likeness (QED) is 0.514. The van der Waals surface area contributed by atoms with Crippen LogP contribution in [-0.2, 0) is 13.0 Å². The lowest BCUT2D eigenvalue weighted by Crippen LogP contribution is -2.36. The molecule has 4 aromatic rings. The number of aromatic nitrogens is 7. The molecule has 0 saturated carbocycles. The van der Waals surface area contributed by atoms with Crippen molar-refractivity contribution in [2.75, 3.05) is 6.54 Å². The van der Waals surface area contributed by atoms with Gasteiger partial charge in [0, 0.05) is 24.7 Å². The molecule has 27 heavy (non-hydrogen) atoms. The lowest BCUT2D eigenvalue weighted by molar-refractivity contribution is 0.0732. The minimum atomic E-state index is -0.0351. The topological polar surface area (TPSA) is 119 Å². The molecule has 4 heterocycles. The molecule has 9 nitrogen and oxygen atoms in total. The SMILES string of the molecule is O=C(c1ccccc1-c1ncn[nH]1)N1CCc2nc(-c3cn[nH]c3)[nH]c2C1. The third-order valence-corrected chi connectivity index (χ3v) is 4.72. The Labute approximate surface area is 153 Å². The molecule has 134 valence electrons. The first kappa shape index (κ1) is 15.5. The van der Waals surface area contributed by atoms with Crippen molar-refractivity contribution in [3.63, 3.8) is 0 Å². The van der Waals surface area contributed by atoms with Gasteiger partial charge in [0.1, 0.15) is 12.2 Å². The first-order valence-electron chi connectivity index (χ1n) is 8.60. The molecule has 3 N–H and O–H groups in total. The second-order valence-electron chi connectivity index (χ2n) is 6.35. The molecular formula is C18H16N8O. The summed E-state index contributed by atoms with van der Waals surface area (Å²) in [4.78, 5) is 27.1. The lowest BCUT2D eigenvalue weighted by atomic mass is 10.0. The van der Waals surface area contributed by atoms with Gasteiger partial charge in [-0.05, 0) is 6.07 Å². The Morgan fingerprint density at radius 2 is 2.07 bits per heavy atom. The molecule has 0 atom stereocenters. The van der Waals surface area contributed by atoms with Crippen molar-refractivity contribution >= 4 is 5.91 Å². The van der Waals surface area contributed by atoms with Crippen LogP contribution in [0.2, 0.25) is 0 Å². The van der Waals surface area contributed by atoms with Crippen LogP contribution in [0.1, 0.15) is 21.7 Å². The zero-order valence-corrected chi connectivity index (χ0v) is 14.3. The van der Waals surface area contributed by atoms with Crippen molar-refractivity contribution in [3.8, 4) is 22.8 Å². The maximum atomic E-state index is 13.2. The predicted octanol–water partition coefficient (Wildman–Crippen LogP) is 1.78. The summed E-state index contributed by atoms with van der Waals surface area (Å²) in [6.07, 6.45) is 5.66. The van der Waals surface area contributed by atoms with Gasteiger partial charge in [0.2, 0.25) is 0 Å². The third-order valence-electron chi connectivity index (χ3n) is 4.72. The number of amides is 1. The van der Waals surface area contributed by atoms with Gasteiger partial charge in [0.25, 0.3) is 5.91 Å². The normalized spacial score (nSPS) is 13.6. The molecule has 5 rings (SSSR count).